The lowest BCUT2D eigenvalue weighted by Crippen LogP contribution is -1.81. The maximum Gasteiger partial charge on any atom is 0.0955 e. The molecule has 5 heteroatoms. The fraction of sp³-hybridized carbons (Fsp3) is 0.125. The Morgan fingerprint density at radius 3 is 3.15 bits per heavy atom. The minimum absolute atomic E-state index is 0.591. The number of hydrogen-bond acceptors (Lipinski definition) is 2. The summed E-state index contributed by atoms with van der Waals surface area (Å²) in [7, 11) is 1.92. The van der Waals surface area contributed by atoms with Gasteiger partial charge in [0.2, 0.25) is 0 Å². The minimum Gasteiger partial charge on any atom is -0.334 e. The Kier molecular flexibility index (Phi) is 1.65. The van der Waals surface area contributed by atoms with Crippen LogP contribution in [0.4, 0.5) is 5.69 Å². The summed E-state index contributed by atoms with van der Waals surface area (Å²) in [6.07, 6.45) is 1.73. The van der Waals surface area contributed by atoms with Gasteiger partial charge in [0.15, 0.2) is 0 Å². The molecular formula is C8H7N5. The summed E-state index contributed by atoms with van der Waals surface area (Å²) in [4.78, 5) is 6.85. The molecule has 0 bridgehead atoms. The van der Waals surface area contributed by atoms with Gasteiger partial charge in [-0.3, -0.25) is 0 Å². The maximum atomic E-state index is 8.23. The molecule has 1 aromatic heterocycles. The van der Waals surface area contributed by atoms with Crippen LogP contribution in [0.25, 0.3) is 21.5 Å². The Bertz CT molecular complexity index is 492. The van der Waals surface area contributed by atoms with Crippen LogP contribution < -0.4 is 0 Å². The fourth-order valence-corrected chi connectivity index (χ4v) is 1.24. The van der Waals surface area contributed by atoms with Crippen molar-refractivity contribution >= 4 is 16.7 Å². The van der Waals surface area contributed by atoms with Crippen LogP contribution in [0.3, 0.4) is 0 Å². The Hall–Kier alpha value is -2.00. The molecule has 1 heterocycles. The second-order valence-corrected chi connectivity index (χ2v) is 2.72. The van der Waals surface area contributed by atoms with Gasteiger partial charge in [-0.2, -0.15) is 0 Å². The smallest absolute Gasteiger partial charge is 0.0955 e. The third kappa shape index (κ3) is 1.21. The van der Waals surface area contributed by atoms with Crippen LogP contribution in [0.1, 0.15) is 0 Å². The van der Waals surface area contributed by atoms with Crippen molar-refractivity contribution in [1.82, 2.24) is 9.55 Å². The molecule has 0 unspecified atom stereocenters. The first-order chi connectivity index (χ1) is 6.31. The SMILES string of the molecule is Cn1cnc2cc(N=[N+]=[N-])ccc21. The lowest BCUT2D eigenvalue weighted by Gasteiger charge is -1.93. The van der Waals surface area contributed by atoms with Crippen LogP contribution >= 0.6 is 0 Å². The third-order valence-corrected chi connectivity index (χ3v) is 1.87. The van der Waals surface area contributed by atoms with E-state index >= 15 is 0 Å². The normalized spacial score (nSPS) is 9.92. The zero-order valence-electron chi connectivity index (χ0n) is 7.05. The average molecular weight is 173 g/mol. The largest absolute Gasteiger partial charge is 0.334 e. The zero-order chi connectivity index (χ0) is 9.26. The molecule has 0 N–H and O–H groups in total. The number of imidazole rings is 1. The van der Waals surface area contributed by atoms with Gasteiger partial charge in [0.1, 0.15) is 0 Å². The van der Waals surface area contributed by atoms with Crippen molar-refractivity contribution in [3.05, 3.63) is 35.0 Å². The van der Waals surface area contributed by atoms with Crippen LogP contribution in [0, 0.1) is 0 Å². The number of aryl methyl sites for hydroxylation is 1. The molecule has 0 saturated carbocycles. The molecule has 0 fully saturated rings. The number of hydrogen-bond donors (Lipinski definition) is 0. The molecule has 1 aromatic carbocycles. The predicted molar refractivity (Wildman–Crippen MR) is 49.5 cm³/mol. The molecule has 13 heavy (non-hydrogen) atoms. The number of fused-ring (bicyclic) bond motifs is 1. The van der Waals surface area contributed by atoms with Gasteiger partial charge in [0.25, 0.3) is 0 Å². The molecular weight excluding hydrogens is 166 g/mol. The lowest BCUT2D eigenvalue weighted by molar-refractivity contribution is 0.948. The van der Waals surface area contributed by atoms with Crippen LogP contribution in [0.2, 0.25) is 0 Å². The van der Waals surface area contributed by atoms with Crippen LogP contribution in [-0.4, -0.2) is 9.55 Å². The Labute approximate surface area is 74.3 Å². The van der Waals surface area contributed by atoms with Crippen LogP contribution in [-0.2, 0) is 7.05 Å². The van der Waals surface area contributed by atoms with Crippen LogP contribution in [0.5, 0.6) is 0 Å². The molecule has 64 valence electrons. The van der Waals surface area contributed by atoms with Crippen molar-refractivity contribution in [3.8, 4) is 0 Å². The monoisotopic (exact) mass is 173 g/mol. The van der Waals surface area contributed by atoms with Crippen molar-refractivity contribution in [3.63, 3.8) is 0 Å². The second-order valence-electron chi connectivity index (χ2n) is 2.72. The predicted octanol–water partition coefficient (Wildman–Crippen LogP) is 2.52. The van der Waals surface area contributed by atoms with E-state index in [1.165, 1.54) is 0 Å². The van der Waals surface area contributed by atoms with Gasteiger partial charge >= 0.3 is 0 Å². The standard InChI is InChI=1S/C8H7N5/c1-13-5-10-7-4-6(11-12-9)2-3-8(7)13/h2-5H,1H3. The topological polar surface area (TPSA) is 66.6 Å². The van der Waals surface area contributed by atoms with E-state index in [0.717, 1.165) is 11.0 Å². The van der Waals surface area contributed by atoms with E-state index < -0.39 is 0 Å². The minimum atomic E-state index is 0.591. The number of aromatic nitrogens is 2. The van der Waals surface area contributed by atoms with Gasteiger partial charge in [0.05, 0.1) is 17.4 Å². The highest BCUT2D eigenvalue weighted by Gasteiger charge is 1.98. The highest BCUT2D eigenvalue weighted by atomic mass is 15.1. The van der Waals surface area contributed by atoms with Crippen molar-refractivity contribution < 1.29 is 0 Å². The molecule has 5 nitrogen and oxygen atoms in total. The van der Waals surface area contributed by atoms with Gasteiger partial charge < -0.3 is 4.57 Å². The average Bonchev–Trinajstić information content (AvgIpc) is 2.48. The van der Waals surface area contributed by atoms with Crippen molar-refractivity contribution in [2.45, 2.75) is 0 Å². The summed E-state index contributed by atoms with van der Waals surface area (Å²) in [5, 5.41) is 3.50. The van der Waals surface area contributed by atoms with Gasteiger partial charge in [-0.15, -0.1) is 0 Å². The summed E-state index contributed by atoms with van der Waals surface area (Å²) in [5.74, 6) is 0. The van der Waals surface area contributed by atoms with Gasteiger partial charge in [-0.05, 0) is 17.7 Å². The third-order valence-electron chi connectivity index (χ3n) is 1.87. The van der Waals surface area contributed by atoms with E-state index in [0.29, 0.717) is 5.69 Å². The fourth-order valence-electron chi connectivity index (χ4n) is 1.24. The lowest BCUT2D eigenvalue weighted by atomic mass is 10.3. The molecule has 0 spiro atoms. The van der Waals surface area contributed by atoms with Gasteiger partial charge in [0, 0.05) is 17.6 Å². The first-order valence-electron chi connectivity index (χ1n) is 3.77. The Morgan fingerprint density at radius 2 is 2.38 bits per heavy atom. The molecule has 0 amide bonds. The Balaban J connectivity index is 2.69. The first-order valence-corrected chi connectivity index (χ1v) is 3.77. The van der Waals surface area contributed by atoms with E-state index in [1.807, 2.05) is 17.7 Å². The number of benzene rings is 1. The summed E-state index contributed by atoms with van der Waals surface area (Å²) in [5.41, 5.74) is 10.7. The quantitative estimate of drug-likeness (QED) is 0.371. The summed E-state index contributed by atoms with van der Waals surface area (Å²) >= 11 is 0. The molecule has 0 aliphatic carbocycles. The van der Waals surface area contributed by atoms with E-state index in [-0.39, 0.29) is 0 Å². The molecule has 0 atom stereocenters. The van der Waals surface area contributed by atoms with E-state index in [4.69, 9.17) is 5.53 Å². The first kappa shape index (κ1) is 7.64. The molecule has 2 aromatic rings. The van der Waals surface area contributed by atoms with Crippen molar-refractivity contribution in [2.75, 3.05) is 0 Å². The van der Waals surface area contributed by atoms with Crippen molar-refractivity contribution in [2.24, 2.45) is 12.2 Å². The molecule has 0 aliphatic rings. The molecule has 0 saturated heterocycles. The maximum absolute atomic E-state index is 8.23. The van der Waals surface area contributed by atoms with Crippen molar-refractivity contribution in [1.29, 1.82) is 0 Å². The van der Waals surface area contributed by atoms with E-state index in [2.05, 4.69) is 15.0 Å². The van der Waals surface area contributed by atoms with Crippen LogP contribution in [0.15, 0.2) is 29.6 Å². The second kappa shape index (κ2) is 2.80. The molecule has 0 radical (unpaired) electrons. The number of nitrogens with zero attached hydrogens (tertiary/aromatic N) is 5. The highest BCUT2D eigenvalue weighted by Crippen LogP contribution is 2.19. The highest BCUT2D eigenvalue weighted by molar-refractivity contribution is 5.78. The molecule has 0 aliphatic heterocycles. The summed E-state index contributed by atoms with van der Waals surface area (Å²) in [6, 6.07) is 5.41. The number of rotatable bonds is 1. The Morgan fingerprint density at radius 1 is 1.54 bits per heavy atom. The van der Waals surface area contributed by atoms with E-state index in [1.54, 1.807) is 18.5 Å². The number of azide groups is 1. The van der Waals surface area contributed by atoms with E-state index in [9.17, 15) is 0 Å². The molecule has 2 rings (SSSR count). The van der Waals surface area contributed by atoms with Gasteiger partial charge in [-0.1, -0.05) is 11.2 Å². The van der Waals surface area contributed by atoms with Gasteiger partial charge in [-0.25, -0.2) is 4.98 Å². The summed E-state index contributed by atoms with van der Waals surface area (Å²) in [6.45, 7) is 0. The summed E-state index contributed by atoms with van der Waals surface area (Å²) < 4.78 is 1.91. The zero-order valence-corrected chi connectivity index (χ0v) is 7.05.